The van der Waals surface area contributed by atoms with Gasteiger partial charge in [-0.2, -0.15) is 0 Å². The molecule has 2 saturated heterocycles. The van der Waals surface area contributed by atoms with Crippen LogP contribution in [0, 0.1) is 11.7 Å². The fourth-order valence-electron chi connectivity index (χ4n) is 4.73. The van der Waals surface area contributed by atoms with E-state index in [0.29, 0.717) is 31.7 Å². The molecule has 1 aromatic carbocycles. The Morgan fingerprint density at radius 2 is 2.07 bits per heavy atom. The van der Waals surface area contributed by atoms with E-state index in [4.69, 9.17) is 14.3 Å². The minimum Gasteiger partial charge on any atom is -0.476 e. The van der Waals surface area contributed by atoms with Gasteiger partial charge in [0.2, 0.25) is 11.8 Å². The number of hydrogen-bond acceptors (Lipinski definition) is 5. The Kier molecular flexibility index (Phi) is 5.85. The van der Waals surface area contributed by atoms with Crippen molar-refractivity contribution in [2.45, 2.75) is 57.2 Å². The van der Waals surface area contributed by atoms with Gasteiger partial charge in [0.05, 0.1) is 18.1 Å². The Morgan fingerprint density at radius 3 is 2.80 bits per heavy atom. The molecule has 3 heterocycles. The first-order valence-electron chi connectivity index (χ1n) is 10.3. The maximum Gasteiger partial charge on any atom is 0.357 e. The van der Waals surface area contributed by atoms with Crippen LogP contribution in [-0.4, -0.2) is 40.7 Å². The lowest BCUT2D eigenvalue weighted by atomic mass is 9.75. The molecule has 2 aromatic rings. The van der Waals surface area contributed by atoms with E-state index in [2.05, 4.69) is 10.3 Å². The zero-order valence-corrected chi connectivity index (χ0v) is 16.8. The molecule has 160 valence electrons. The van der Waals surface area contributed by atoms with E-state index in [9.17, 15) is 14.0 Å². The minimum absolute atomic E-state index is 0.000291. The third-order valence-corrected chi connectivity index (χ3v) is 6.07. The van der Waals surface area contributed by atoms with Crippen LogP contribution in [0.2, 0.25) is 0 Å². The number of aromatic carboxylic acids is 1. The number of fused-ring (bicyclic) bond motifs is 2. The molecule has 4 rings (SSSR count). The Hall–Kier alpha value is -2.74. The molecule has 0 aliphatic carbocycles. The van der Waals surface area contributed by atoms with E-state index in [0.717, 1.165) is 30.2 Å². The van der Waals surface area contributed by atoms with Gasteiger partial charge in [-0.05, 0) is 55.9 Å². The molecule has 4 unspecified atom stereocenters. The second-order valence-corrected chi connectivity index (χ2v) is 7.93. The largest absolute Gasteiger partial charge is 0.476 e. The third-order valence-electron chi connectivity index (χ3n) is 6.07. The highest BCUT2D eigenvalue weighted by molar-refractivity contribution is 5.84. The fraction of sp³-hybridized carbons (Fsp3) is 0.500. The second-order valence-electron chi connectivity index (χ2n) is 7.93. The molecular weight excluding hydrogens is 391 g/mol. The van der Waals surface area contributed by atoms with Crippen LogP contribution in [0.5, 0.6) is 0 Å². The number of oxazole rings is 1. The molecule has 1 aromatic heterocycles. The molecule has 2 bridgehead atoms. The van der Waals surface area contributed by atoms with Gasteiger partial charge < -0.3 is 19.6 Å². The molecule has 2 N–H and O–H groups in total. The number of aryl methyl sites for hydroxylation is 1. The number of hydrogen-bond donors (Lipinski definition) is 2. The summed E-state index contributed by atoms with van der Waals surface area (Å²) in [6, 6.07) is 4.67. The number of benzene rings is 1. The maximum absolute atomic E-state index is 14.0. The lowest BCUT2D eigenvalue weighted by Crippen LogP contribution is -2.28. The highest BCUT2D eigenvalue weighted by Gasteiger charge is 2.51. The number of carboxylic acids is 1. The van der Waals surface area contributed by atoms with E-state index in [1.807, 2.05) is 6.92 Å². The summed E-state index contributed by atoms with van der Waals surface area (Å²) in [5.74, 6) is -1.29. The Bertz CT molecular complexity index is 943. The molecule has 2 aliphatic rings. The number of carbonyl (C=O) groups excluding carboxylic acids is 1. The number of aromatic nitrogens is 1. The molecule has 2 aliphatic heterocycles. The fourth-order valence-corrected chi connectivity index (χ4v) is 4.73. The summed E-state index contributed by atoms with van der Waals surface area (Å²) in [5, 5.41) is 11.9. The van der Waals surface area contributed by atoms with Gasteiger partial charge in [0.15, 0.2) is 5.69 Å². The zero-order valence-electron chi connectivity index (χ0n) is 16.8. The van der Waals surface area contributed by atoms with E-state index in [1.54, 1.807) is 6.07 Å². The van der Waals surface area contributed by atoms with Gasteiger partial charge >= 0.3 is 5.97 Å². The molecule has 1 amide bonds. The smallest absolute Gasteiger partial charge is 0.357 e. The molecule has 0 saturated carbocycles. The standard InChI is InChI=1S/C22H25FN2O5/c1-2-24-19(26)8-4-12-3-5-14(23)9-13(12)10-15-17-6-7-18(30-17)20(15)21-25-16(11-29-21)22(27)28/h3,5,9,11,15,17-18,20H,2,4,6-8,10H2,1H3,(H,24,26)(H,27,28). The van der Waals surface area contributed by atoms with Gasteiger partial charge in [0.1, 0.15) is 12.1 Å². The van der Waals surface area contributed by atoms with Gasteiger partial charge in [-0.3, -0.25) is 4.79 Å². The van der Waals surface area contributed by atoms with E-state index in [1.165, 1.54) is 12.1 Å². The van der Waals surface area contributed by atoms with Crippen molar-refractivity contribution in [1.29, 1.82) is 0 Å². The Morgan fingerprint density at radius 1 is 1.27 bits per heavy atom. The van der Waals surface area contributed by atoms with Crippen LogP contribution in [0.25, 0.3) is 0 Å². The molecule has 4 atom stereocenters. The molecule has 30 heavy (non-hydrogen) atoms. The van der Waals surface area contributed by atoms with Crippen LogP contribution >= 0.6 is 0 Å². The zero-order chi connectivity index (χ0) is 21.3. The van der Waals surface area contributed by atoms with Crippen molar-refractivity contribution < 1.29 is 28.2 Å². The van der Waals surface area contributed by atoms with Crippen LogP contribution in [-0.2, 0) is 22.4 Å². The van der Waals surface area contributed by atoms with Gasteiger partial charge in [0, 0.05) is 18.9 Å². The minimum atomic E-state index is -1.14. The summed E-state index contributed by atoms with van der Waals surface area (Å²) < 4.78 is 25.6. The monoisotopic (exact) mass is 416 g/mol. The molecule has 2 fully saturated rings. The molecule has 0 radical (unpaired) electrons. The maximum atomic E-state index is 14.0. The summed E-state index contributed by atoms with van der Waals surface area (Å²) in [5.41, 5.74) is 1.65. The first-order chi connectivity index (χ1) is 14.5. The van der Waals surface area contributed by atoms with E-state index in [-0.39, 0.29) is 41.5 Å². The van der Waals surface area contributed by atoms with Crippen molar-refractivity contribution in [1.82, 2.24) is 10.3 Å². The van der Waals surface area contributed by atoms with Gasteiger partial charge in [-0.25, -0.2) is 14.2 Å². The lowest BCUT2D eigenvalue weighted by molar-refractivity contribution is -0.120. The number of amides is 1. The highest BCUT2D eigenvalue weighted by atomic mass is 19.1. The summed E-state index contributed by atoms with van der Waals surface area (Å²) in [6.45, 7) is 2.45. The van der Waals surface area contributed by atoms with Crippen LogP contribution in [0.4, 0.5) is 4.39 Å². The van der Waals surface area contributed by atoms with Crippen molar-refractivity contribution in [2.75, 3.05) is 6.54 Å². The third kappa shape index (κ3) is 4.09. The number of carbonyl (C=O) groups is 2. The second kappa shape index (κ2) is 8.55. The number of rotatable bonds is 8. The van der Waals surface area contributed by atoms with E-state index < -0.39 is 5.97 Å². The quantitative estimate of drug-likeness (QED) is 0.686. The first-order valence-corrected chi connectivity index (χ1v) is 10.3. The van der Waals surface area contributed by atoms with Crippen LogP contribution < -0.4 is 5.32 Å². The molecular formula is C22H25FN2O5. The summed E-state index contributed by atoms with van der Waals surface area (Å²) in [7, 11) is 0. The first kappa shape index (κ1) is 20.5. The number of ether oxygens (including phenoxy) is 1. The van der Waals surface area contributed by atoms with Crippen LogP contribution in [0.15, 0.2) is 28.9 Å². The average Bonchev–Trinajstić information content (AvgIpc) is 3.44. The highest BCUT2D eigenvalue weighted by Crippen LogP contribution is 2.50. The number of nitrogens with one attached hydrogen (secondary N) is 1. The summed E-state index contributed by atoms with van der Waals surface area (Å²) in [6.07, 6.45) is 4.26. The van der Waals surface area contributed by atoms with Gasteiger partial charge in [0.25, 0.3) is 0 Å². The van der Waals surface area contributed by atoms with Crippen LogP contribution in [0.3, 0.4) is 0 Å². The average molecular weight is 416 g/mol. The lowest BCUT2D eigenvalue weighted by Gasteiger charge is -2.26. The number of carboxylic acid groups (broad SMARTS) is 1. The van der Waals surface area contributed by atoms with Crippen molar-refractivity contribution in [2.24, 2.45) is 5.92 Å². The molecule has 0 spiro atoms. The Labute approximate surface area is 173 Å². The Balaban J connectivity index is 1.56. The van der Waals surface area contributed by atoms with Crippen LogP contribution in [0.1, 0.15) is 59.6 Å². The number of halogens is 1. The predicted octanol–water partition coefficient (Wildman–Crippen LogP) is 3.08. The van der Waals surface area contributed by atoms with Gasteiger partial charge in [-0.1, -0.05) is 6.07 Å². The summed E-state index contributed by atoms with van der Waals surface area (Å²) in [4.78, 5) is 27.2. The predicted molar refractivity (Wildman–Crippen MR) is 105 cm³/mol. The molecule has 8 heteroatoms. The van der Waals surface area contributed by atoms with Crippen molar-refractivity contribution in [3.63, 3.8) is 0 Å². The normalized spacial score (nSPS) is 24.9. The SMILES string of the molecule is CCNC(=O)CCc1ccc(F)cc1CC1C2CCC(O2)C1c1nc(C(=O)O)co1. The van der Waals surface area contributed by atoms with Crippen molar-refractivity contribution in [3.05, 3.63) is 53.0 Å². The topological polar surface area (TPSA) is 102 Å². The number of nitrogens with zero attached hydrogens (tertiary/aromatic N) is 1. The summed E-state index contributed by atoms with van der Waals surface area (Å²) >= 11 is 0. The molecule has 7 nitrogen and oxygen atoms in total. The van der Waals surface area contributed by atoms with Crippen molar-refractivity contribution >= 4 is 11.9 Å². The van der Waals surface area contributed by atoms with E-state index >= 15 is 0 Å². The van der Waals surface area contributed by atoms with Gasteiger partial charge in [-0.15, -0.1) is 0 Å². The van der Waals surface area contributed by atoms with Crippen molar-refractivity contribution in [3.8, 4) is 0 Å².